The third kappa shape index (κ3) is 9.46. The van der Waals surface area contributed by atoms with Gasteiger partial charge in [-0.2, -0.15) is 0 Å². The highest BCUT2D eigenvalue weighted by molar-refractivity contribution is 7.92. The summed E-state index contributed by atoms with van der Waals surface area (Å²) in [5, 5.41) is 3.08. The Kier molecular flexibility index (Phi) is 11.5. The first-order valence-electron chi connectivity index (χ1n) is 14.2. The Bertz CT molecular complexity index is 1390. The van der Waals surface area contributed by atoms with E-state index in [0.717, 1.165) is 28.7 Å². The van der Waals surface area contributed by atoms with Crippen molar-refractivity contribution in [2.45, 2.75) is 72.0 Å². The molecule has 0 aliphatic rings. The second-order valence-corrected chi connectivity index (χ2v) is 12.6. The van der Waals surface area contributed by atoms with Crippen LogP contribution in [0.1, 0.15) is 55.4 Å². The molecule has 0 bridgehead atoms. The van der Waals surface area contributed by atoms with Gasteiger partial charge in [-0.3, -0.25) is 13.9 Å². The molecule has 0 spiro atoms. The van der Waals surface area contributed by atoms with Crippen molar-refractivity contribution >= 4 is 27.5 Å². The fourth-order valence-corrected chi connectivity index (χ4v) is 5.62. The number of carbonyl (C=O) groups is 2. The topological polar surface area (TPSA) is 86.8 Å². The molecule has 0 saturated carbocycles. The van der Waals surface area contributed by atoms with Crippen molar-refractivity contribution in [3.8, 4) is 0 Å². The number of hydrogen-bond acceptors (Lipinski definition) is 4. The number of amides is 2. The van der Waals surface area contributed by atoms with Crippen molar-refractivity contribution in [2.75, 3.05) is 17.1 Å². The molecule has 1 N–H and O–H groups in total. The first-order chi connectivity index (χ1) is 19.5. The van der Waals surface area contributed by atoms with Crippen LogP contribution in [0, 0.1) is 13.8 Å². The van der Waals surface area contributed by atoms with Crippen LogP contribution in [-0.4, -0.2) is 50.0 Å². The highest BCUT2D eigenvalue weighted by Gasteiger charge is 2.31. The Morgan fingerprint density at radius 3 is 2.05 bits per heavy atom. The SMILES string of the molecule is CC[C@@H](C)NC(=O)[C@H](Cc1ccccc1)N(Cc1ccccc1)C(=O)CCCN(c1ccc(C)c(C)c1)S(C)(=O)=O. The van der Waals surface area contributed by atoms with Gasteiger partial charge in [0, 0.05) is 32.0 Å². The van der Waals surface area contributed by atoms with E-state index in [0.29, 0.717) is 18.5 Å². The van der Waals surface area contributed by atoms with Crippen molar-refractivity contribution in [1.29, 1.82) is 0 Å². The molecule has 2 amide bonds. The molecule has 3 rings (SSSR count). The van der Waals surface area contributed by atoms with E-state index in [9.17, 15) is 18.0 Å². The fourth-order valence-electron chi connectivity index (χ4n) is 4.66. The summed E-state index contributed by atoms with van der Waals surface area (Å²) in [4.78, 5) is 29.2. The number of carbonyl (C=O) groups excluding carboxylic acids is 2. The van der Waals surface area contributed by atoms with Gasteiger partial charge < -0.3 is 10.2 Å². The average molecular weight is 578 g/mol. The number of aryl methyl sites for hydroxylation is 2. The van der Waals surface area contributed by atoms with Crippen LogP contribution in [0.2, 0.25) is 0 Å². The summed E-state index contributed by atoms with van der Waals surface area (Å²) in [7, 11) is -3.56. The van der Waals surface area contributed by atoms with Crippen LogP contribution in [0.5, 0.6) is 0 Å². The lowest BCUT2D eigenvalue weighted by molar-refractivity contribution is -0.141. The van der Waals surface area contributed by atoms with Gasteiger partial charge in [-0.15, -0.1) is 0 Å². The zero-order valence-electron chi connectivity index (χ0n) is 24.8. The molecule has 3 aromatic carbocycles. The van der Waals surface area contributed by atoms with Crippen LogP contribution in [0.25, 0.3) is 0 Å². The van der Waals surface area contributed by atoms with Crippen molar-refractivity contribution < 1.29 is 18.0 Å². The van der Waals surface area contributed by atoms with E-state index in [4.69, 9.17) is 0 Å². The lowest BCUT2D eigenvalue weighted by Gasteiger charge is -2.32. The fraction of sp³-hybridized carbons (Fsp3) is 0.394. The molecule has 3 aromatic rings. The first-order valence-corrected chi connectivity index (χ1v) is 16.1. The van der Waals surface area contributed by atoms with Crippen LogP contribution in [-0.2, 0) is 32.6 Å². The molecule has 7 nitrogen and oxygen atoms in total. The summed E-state index contributed by atoms with van der Waals surface area (Å²) in [5.41, 5.74) is 4.54. The molecule has 0 heterocycles. The summed E-state index contributed by atoms with van der Waals surface area (Å²) in [6, 6.07) is 24.1. The Balaban J connectivity index is 1.87. The summed E-state index contributed by atoms with van der Waals surface area (Å²) >= 11 is 0. The molecule has 0 aliphatic carbocycles. The molecule has 0 aromatic heterocycles. The minimum Gasteiger partial charge on any atom is -0.352 e. The van der Waals surface area contributed by atoms with E-state index in [1.165, 1.54) is 10.6 Å². The lowest BCUT2D eigenvalue weighted by Crippen LogP contribution is -2.52. The normalized spacial score (nSPS) is 12.8. The van der Waals surface area contributed by atoms with Crippen molar-refractivity contribution in [2.24, 2.45) is 0 Å². The van der Waals surface area contributed by atoms with Crippen LogP contribution in [0.15, 0.2) is 78.9 Å². The summed E-state index contributed by atoms with van der Waals surface area (Å²) in [6.07, 6.45) is 2.75. The van der Waals surface area contributed by atoms with Gasteiger partial charge in [0.2, 0.25) is 21.8 Å². The number of nitrogens with zero attached hydrogens (tertiary/aromatic N) is 2. The van der Waals surface area contributed by atoms with E-state index < -0.39 is 16.1 Å². The molecular formula is C33H43N3O4S. The average Bonchev–Trinajstić information content (AvgIpc) is 2.94. The molecule has 0 unspecified atom stereocenters. The Morgan fingerprint density at radius 1 is 0.878 bits per heavy atom. The van der Waals surface area contributed by atoms with E-state index in [2.05, 4.69) is 5.32 Å². The maximum atomic E-state index is 13.9. The number of rotatable bonds is 14. The monoisotopic (exact) mass is 577 g/mol. The minimum absolute atomic E-state index is 0.0317. The van der Waals surface area contributed by atoms with Gasteiger partial charge in [-0.1, -0.05) is 73.7 Å². The van der Waals surface area contributed by atoms with Crippen molar-refractivity contribution in [3.63, 3.8) is 0 Å². The number of anilines is 1. The van der Waals surface area contributed by atoms with Gasteiger partial charge in [0.15, 0.2) is 0 Å². The van der Waals surface area contributed by atoms with E-state index in [-0.39, 0.29) is 37.4 Å². The zero-order valence-corrected chi connectivity index (χ0v) is 25.7. The Hall–Kier alpha value is -3.65. The predicted octanol–water partition coefficient (Wildman–Crippen LogP) is 5.40. The maximum Gasteiger partial charge on any atom is 0.243 e. The number of sulfonamides is 1. The van der Waals surface area contributed by atoms with Crippen molar-refractivity contribution in [1.82, 2.24) is 10.2 Å². The molecule has 0 radical (unpaired) electrons. The molecule has 8 heteroatoms. The highest BCUT2D eigenvalue weighted by Crippen LogP contribution is 2.23. The van der Waals surface area contributed by atoms with Gasteiger partial charge in [-0.05, 0) is 68.0 Å². The second-order valence-electron chi connectivity index (χ2n) is 10.7. The predicted molar refractivity (Wildman–Crippen MR) is 166 cm³/mol. The minimum atomic E-state index is -3.56. The van der Waals surface area contributed by atoms with Crippen LogP contribution in [0.4, 0.5) is 5.69 Å². The van der Waals surface area contributed by atoms with Gasteiger partial charge in [0.1, 0.15) is 6.04 Å². The summed E-state index contributed by atoms with van der Waals surface area (Å²) < 4.78 is 26.7. The third-order valence-corrected chi connectivity index (χ3v) is 8.59. The molecule has 41 heavy (non-hydrogen) atoms. The van der Waals surface area contributed by atoms with Gasteiger partial charge >= 0.3 is 0 Å². The second kappa shape index (κ2) is 14.8. The lowest BCUT2D eigenvalue weighted by atomic mass is 10.0. The van der Waals surface area contributed by atoms with Gasteiger partial charge in [0.05, 0.1) is 11.9 Å². The molecule has 2 atom stereocenters. The van der Waals surface area contributed by atoms with Gasteiger partial charge in [0.25, 0.3) is 0 Å². The van der Waals surface area contributed by atoms with Gasteiger partial charge in [-0.25, -0.2) is 8.42 Å². The molecule has 0 aliphatic heterocycles. The third-order valence-electron chi connectivity index (χ3n) is 7.40. The Labute approximate surface area is 245 Å². The van der Waals surface area contributed by atoms with Crippen LogP contribution >= 0.6 is 0 Å². The van der Waals surface area contributed by atoms with Crippen molar-refractivity contribution in [3.05, 3.63) is 101 Å². The first kappa shape index (κ1) is 31.9. The quantitative estimate of drug-likeness (QED) is 0.278. The number of nitrogens with one attached hydrogen (secondary N) is 1. The molecular weight excluding hydrogens is 534 g/mol. The number of hydrogen-bond donors (Lipinski definition) is 1. The van der Waals surface area contributed by atoms with Crippen LogP contribution in [0.3, 0.4) is 0 Å². The highest BCUT2D eigenvalue weighted by atomic mass is 32.2. The molecule has 220 valence electrons. The largest absolute Gasteiger partial charge is 0.352 e. The van der Waals surface area contributed by atoms with E-state index in [1.54, 1.807) is 11.0 Å². The van der Waals surface area contributed by atoms with E-state index in [1.807, 2.05) is 100 Å². The maximum absolute atomic E-state index is 13.9. The summed E-state index contributed by atoms with van der Waals surface area (Å²) in [6.45, 7) is 8.32. The Morgan fingerprint density at radius 2 is 1.49 bits per heavy atom. The standard InChI is InChI=1S/C33H43N3O4S/c1-6-27(4)34-33(38)31(23-28-14-9-7-10-15-28)35(24-29-16-11-8-12-17-29)32(37)18-13-21-36(41(5,39)40)30-20-19-25(2)26(3)22-30/h7-12,14-17,19-20,22,27,31H,6,13,18,21,23-24H2,1-5H3,(H,34,38)/t27-,31+/m1/s1. The molecule has 0 saturated heterocycles. The zero-order chi connectivity index (χ0) is 30.0. The smallest absolute Gasteiger partial charge is 0.243 e. The van der Waals surface area contributed by atoms with Crippen LogP contribution < -0.4 is 9.62 Å². The summed E-state index contributed by atoms with van der Waals surface area (Å²) in [5.74, 6) is -0.386. The van der Waals surface area contributed by atoms with E-state index >= 15 is 0 Å². The molecule has 0 fully saturated rings. The number of benzene rings is 3.